The molecule has 1 aliphatic heterocycles. The van der Waals surface area contributed by atoms with Gasteiger partial charge in [-0.1, -0.05) is 23.7 Å². The number of hydrogen-bond acceptors (Lipinski definition) is 4. The van der Waals surface area contributed by atoms with Gasteiger partial charge in [-0.05, 0) is 48.9 Å². The molecule has 1 fully saturated rings. The number of carbonyl (C=O) groups is 1. The third-order valence-electron chi connectivity index (χ3n) is 4.19. The molecule has 1 saturated heterocycles. The summed E-state index contributed by atoms with van der Waals surface area (Å²) in [4.78, 5) is 12.3. The number of hydrogen-bond donors (Lipinski definition) is 4. The Bertz CT molecular complexity index is 758. The van der Waals surface area contributed by atoms with E-state index >= 15 is 0 Å². The van der Waals surface area contributed by atoms with Crippen LogP contribution in [0, 0.1) is 0 Å². The van der Waals surface area contributed by atoms with Gasteiger partial charge in [-0.2, -0.15) is 0 Å². The fraction of sp³-hybridized carbons (Fsp3) is 0.278. The summed E-state index contributed by atoms with van der Waals surface area (Å²) in [5.41, 5.74) is 0.833. The minimum absolute atomic E-state index is 0.100. The predicted octanol–water partition coefficient (Wildman–Crippen LogP) is 2.17. The van der Waals surface area contributed by atoms with Gasteiger partial charge < -0.3 is 20.8 Å². The Hall–Kier alpha value is -2.08. The first kappa shape index (κ1) is 16.8. The molecular weight excluding hydrogens is 328 g/mol. The van der Waals surface area contributed by atoms with Gasteiger partial charge in [0, 0.05) is 29.2 Å². The van der Waals surface area contributed by atoms with Gasteiger partial charge in [0.15, 0.2) is 0 Å². The van der Waals surface area contributed by atoms with Crippen molar-refractivity contribution in [2.45, 2.75) is 12.0 Å². The second-order valence-electron chi connectivity index (χ2n) is 6.08. The van der Waals surface area contributed by atoms with Crippen molar-refractivity contribution >= 4 is 17.5 Å². The van der Waals surface area contributed by atoms with Gasteiger partial charge in [0.25, 0.3) is 5.91 Å². The maximum atomic E-state index is 12.3. The van der Waals surface area contributed by atoms with Crippen molar-refractivity contribution in [1.29, 1.82) is 0 Å². The third kappa shape index (κ3) is 3.70. The molecular formula is C18H19ClN2O3. The van der Waals surface area contributed by atoms with Crippen LogP contribution in [0.4, 0.5) is 0 Å². The number of phenols is 1. The average Bonchev–Trinajstić information content (AvgIpc) is 3.02. The number of phenolic OH excluding ortho intramolecular Hbond substituents is 1. The Morgan fingerprint density at radius 2 is 2.12 bits per heavy atom. The summed E-state index contributed by atoms with van der Waals surface area (Å²) in [6.45, 7) is 1.42. The largest absolute Gasteiger partial charge is 0.507 e. The van der Waals surface area contributed by atoms with Crippen molar-refractivity contribution in [2.24, 2.45) is 0 Å². The Morgan fingerprint density at radius 3 is 2.88 bits per heavy atom. The molecule has 6 heteroatoms. The molecule has 2 aromatic carbocycles. The number of aliphatic hydroxyl groups is 1. The molecule has 1 heterocycles. The molecule has 0 aliphatic carbocycles. The van der Waals surface area contributed by atoms with Crippen LogP contribution in [0.2, 0.25) is 5.02 Å². The average molecular weight is 347 g/mol. The van der Waals surface area contributed by atoms with E-state index in [0.29, 0.717) is 34.7 Å². The van der Waals surface area contributed by atoms with Crippen molar-refractivity contribution in [2.75, 3.05) is 19.6 Å². The molecule has 0 aromatic heterocycles. The minimum Gasteiger partial charge on any atom is -0.507 e. The van der Waals surface area contributed by atoms with Gasteiger partial charge in [0.1, 0.15) is 5.75 Å². The van der Waals surface area contributed by atoms with Crippen LogP contribution in [0.3, 0.4) is 0 Å². The van der Waals surface area contributed by atoms with Crippen LogP contribution in [0.1, 0.15) is 16.8 Å². The number of carbonyl (C=O) groups excluding carboxylic acids is 1. The molecule has 0 spiro atoms. The summed E-state index contributed by atoms with van der Waals surface area (Å²) < 4.78 is 0. The van der Waals surface area contributed by atoms with E-state index in [0.717, 1.165) is 6.54 Å². The molecule has 3 rings (SSSR count). The number of amides is 1. The Balaban J connectivity index is 1.77. The number of nitrogens with one attached hydrogen (secondary N) is 2. The molecule has 24 heavy (non-hydrogen) atoms. The fourth-order valence-corrected chi connectivity index (χ4v) is 2.97. The lowest BCUT2D eigenvalue weighted by Crippen LogP contribution is -2.44. The normalized spacial score (nSPS) is 20.1. The highest BCUT2D eigenvalue weighted by molar-refractivity contribution is 6.31. The van der Waals surface area contributed by atoms with E-state index in [2.05, 4.69) is 10.6 Å². The minimum atomic E-state index is -0.890. The number of β-amino-alcohol motifs (C(OH)–C–C–N with tert-alkyl or cyclic N) is 1. The maximum Gasteiger partial charge on any atom is 0.251 e. The zero-order valence-corrected chi connectivity index (χ0v) is 13.8. The zero-order chi connectivity index (χ0) is 17.2. The summed E-state index contributed by atoms with van der Waals surface area (Å²) in [7, 11) is 0. The molecule has 2 aromatic rings. The number of rotatable bonds is 4. The molecule has 0 saturated carbocycles. The van der Waals surface area contributed by atoms with E-state index in [1.54, 1.807) is 36.4 Å². The first-order valence-electron chi connectivity index (χ1n) is 7.77. The van der Waals surface area contributed by atoms with Gasteiger partial charge in [-0.3, -0.25) is 4.79 Å². The Kier molecular flexibility index (Phi) is 4.76. The quantitative estimate of drug-likeness (QED) is 0.684. The highest BCUT2D eigenvalue weighted by Crippen LogP contribution is 2.32. The van der Waals surface area contributed by atoms with Gasteiger partial charge in [-0.15, -0.1) is 0 Å². The van der Waals surface area contributed by atoms with Crippen molar-refractivity contribution in [3.05, 3.63) is 53.1 Å². The summed E-state index contributed by atoms with van der Waals surface area (Å²) in [5.74, 6) is -0.165. The smallest absolute Gasteiger partial charge is 0.251 e. The molecule has 0 bridgehead atoms. The highest BCUT2D eigenvalue weighted by Gasteiger charge is 2.31. The molecule has 5 nitrogen and oxygen atoms in total. The lowest BCUT2D eigenvalue weighted by molar-refractivity contribution is 0.0562. The van der Waals surface area contributed by atoms with E-state index in [9.17, 15) is 15.0 Å². The first-order valence-corrected chi connectivity index (χ1v) is 8.15. The van der Waals surface area contributed by atoms with Gasteiger partial charge in [-0.25, -0.2) is 0 Å². The van der Waals surface area contributed by atoms with E-state index in [4.69, 9.17) is 11.6 Å². The summed E-state index contributed by atoms with van der Waals surface area (Å²) >= 11 is 5.98. The molecule has 1 amide bonds. The highest BCUT2D eigenvalue weighted by atomic mass is 35.5. The van der Waals surface area contributed by atoms with Crippen LogP contribution in [0.5, 0.6) is 5.75 Å². The molecule has 4 N–H and O–H groups in total. The molecule has 126 valence electrons. The molecule has 0 radical (unpaired) electrons. The van der Waals surface area contributed by atoms with E-state index in [-0.39, 0.29) is 18.2 Å². The van der Waals surface area contributed by atoms with Crippen molar-refractivity contribution in [3.8, 4) is 16.9 Å². The molecule has 1 aliphatic rings. The SMILES string of the molecule is O=C(NC[C@]1(O)CCNC1)c1cccc(-c2cc(Cl)ccc2O)c1. The molecule has 0 unspecified atom stereocenters. The number of benzene rings is 2. The second-order valence-corrected chi connectivity index (χ2v) is 6.51. The van der Waals surface area contributed by atoms with Crippen LogP contribution >= 0.6 is 11.6 Å². The summed E-state index contributed by atoms with van der Waals surface area (Å²) in [6.07, 6.45) is 0.615. The van der Waals surface area contributed by atoms with Crippen molar-refractivity contribution in [3.63, 3.8) is 0 Å². The number of aromatic hydroxyl groups is 1. The molecule has 1 atom stereocenters. The monoisotopic (exact) mass is 346 g/mol. The lowest BCUT2D eigenvalue weighted by Gasteiger charge is -2.21. The van der Waals surface area contributed by atoms with Crippen LogP contribution in [0.15, 0.2) is 42.5 Å². The maximum absolute atomic E-state index is 12.3. The van der Waals surface area contributed by atoms with Gasteiger partial charge in [0.05, 0.1) is 5.60 Å². The number of halogens is 1. The van der Waals surface area contributed by atoms with Crippen molar-refractivity contribution < 1.29 is 15.0 Å². The van der Waals surface area contributed by atoms with Crippen LogP contribution < -0.4 is 10.6 Å². The van der Waals surface area contributed by atoms with Gasteiger partial charge >= 0.3 is 0 Å². The van der Waals surface area contributed by atoms with Gasteiger partial charge in [0.2, 0.25) is 0 Å². The first-order chi connectivity index (χ1) is 11.5. The van der Waals surface area contributed by atoms with Crippen LogP contribution in [0.25, 0.3) is 11.1 Å². The van der Waals surface area contributed by atoms with Crippen molar-refractivity contribution in [1.82, 2.24) is 10.6 Å². The lowest BCUT2D eigenvalue weighted by atomic mass is 10.0. The third-order valence-corrected chi connectivity index (χ3v) is 4.43. The van der Waals surface area contributed by atoms with Crippen LogP contribution in [-0.2, 0) is 0 Å². The second kappa shape index (κ2) is 6.81. The fourth-order valence-electron chi connectivity index (χ4n) is 2.80. The summed E-state index contributed by atoms with van der Waals surface area (Å²) in [6, 6.07) is 11.7. The van der Waals surface area contributed by atoms with E-state index in [1.807, 2.05) is 0 Å². The summed E-state index contributed by atoms with van der Waals surface area (Å²) in [5, 5.41) is 26.6. The van der Waals surface area contributed by atoms with Crippen LogP contribution in [-0.4, -0.2) is 41.4 Å². The zero-order valence-electron chi connectivity index (χ0n) is 13.1. The Morgan fingerprint density at radius 1 is 1.29 bits per heavy atom. The van der Waals surface area contributed by atoms with E-state index in [1.165, 1.54) is 6.07 Å². The standard InChI is InChI=1S/C18H19ClN2O3/c19-14-4-5-16(22)15(9-14)12-2-1-3-13(8-12)17(23)21-11-18(24)6-7-20-10-18/h1-5,8-9,20,22,24H,6-7,10-11H2,(H,21,23)/t18-/m0/s1. The topological polar surface area (TPSA) is 81.6 Å². The predicted molar refractivity (Wildman–Crippen MR) is 93.3 cm³/mol. The Labute approximate surface area is 145 Å². The van der Waals surface area contributed by atoms with E-state index < -0.39 is 5.60 Å².